The lowest BCUT2D eigenvalue weighted by Gasteiger charge is -2.42. The van der Waals surface area contributed by atoms with Gasteiger partial charge in [-0.05, 0) is 38.1 Å². The van der Waals surface area contributed by atoms with Gasteiger partial charge >= 0.3 is 0 Å². The maximum Gasteiger partial charge on any atom is 0.236 e. The first-order chi connectivity index (χ1) is 13.1. The molecule has 1 aliphatic rings. The fraction of sp³-hybridized carbons (Fsp3) is 0.391. The topological polar surface area (TPSA) is 47.3 Å². The molecular weight excluding hydrogens is 370 g/mol. The van der Waals surface area contributed by atoms with Crippen molar-refractivity contribution in [3.05, 3.63) is 71.8 Å². The first kappa shape index (κ1) is 21.9. The van der Waals surface area contributed by atoms with E-state index < -0.39 is 5.41 Å². The highest BCUT2D eigenvalue weighted by atomic mass is 35.5. The molecule has 0 N–H and O–H groups in total. The van der Waals surface area contributed by atoms with Crippen molar-refractivity contribution in [2.24, 2.45) is 5.92 Å². The van der Waals surface area contributed by atoms with Crippen molar-refractivity contribution in [3.8, 4) is 6.07 Å². The Kier molecular flexibility index (Phi) is 7.62. The van der Waals surface area contributed by atoms with E-state index in [0.29, 0.717) is 13.1 Å². The highest BCUT2D eigenvalue weighted by Gasteiger charge is 2.44. The number of nitriles is 1. The van der Waals surface area contributed by atoms with E-state index in [1.807, 2.05) is 84.6 Å². The number of piperidine rings is 1. The van der Waals surface area contributed by atoms with Gasteiger partial charge < -0.3 is 9.80 Å². The second-order valence-corrected chi connectivity index (χ2v) is 7.57. The molecule has 0 aliphatic carbocycles. The van der Waals surface area contributed by atoms with Crippen LogP contribution in [0.5, 0.6) is 0 Å². The molecule has 1 heterocycles. The van der Waals surface area contributed by atoms with Crippen molar-refractivity contribution in [1.29, 1.82) is 5.26 Å². The summed E-state index contributed by atoms with van der Waals surface area (Å²) in [5.41, 5.74) is 1.26. The number of amides is 1. The smallest absolute Gasteiger partial charge is 0.236 e. The van der Waals surface area contributed by atoms with Crippen LogP contribution in [0.15, 0.2) is 60.7 Å². The Bertz CT molecular complexity index is 762. The molecule has 0 spiro atoms. The van der Waals surface area contributed by atoms with E-state index in [2.05, 4.69) is 6.07 Å². The van der Waals surface area contributed by atoms with Crippen LogP contribution in [-0.2, 0) is 10.2 Å². The molecular formula is C23H28ClN3O. The number of hydrogen-bond acceptors (Lipinski definition) is 3. The van der Waals surface area contributed by atoms with Gasteiger partial charge in [0.1, 0.15) is 5.41 Å². The van der Waals surface area contributed by atoms with E-state index in [0.717, 1.165) is 30.5 Å². The number of likely N-dealkylation sites (N-methyl/N-ethyl adjacent to an activating group) is 1. The van der Waals surface area contributed by atoms with E-state index >= 15 is 0 Å². The maximum absolute atomic E-state index is 12.6. The summed E-state index contributed by atoms with van der Waals surface area (Å²) >= 11 is 0. The Morgan fingerprint density at radius 2 is 1.64 bits per heavy atom. The molecule has 148 valence electrons. The van der Waals surface area contributed by atoms with Crippen LogP contribution in [0.1, 0.15) is 24.0 Å². The number of carbonyl (C=O) groups excluding carboxylic acids is 1. The monoisotopic (exact) mass is 397 g/mol. The van der Waals surface area contributed by atoms with Gasteiger partial charge in [-0.1, -0.05) is 60.7 Å². The number of nitrogens with zero attached hydrogens (tertiary/aromatic N) is 3. The number of carbonyl (C=O) groups is 1. The van der Waals surface area contributed by atoms with Gasteiger partial charge in [-0.25, -0.2) is 0 Å². The zero-order chi connectivity index (χ0) is 19.3. The second-order valence-electron chi connectivity index (χ2n) is 7.57. The molecule has 1 fully saturated rings. The van der Waals surface area contributed by atoms with Crippen molar-refractivity contribution in [3.63, 3.8) is 0 Å². The van der Waals surface area contributed by atoms with Crippen molar-refractivity contribution in [2.45, 2.75) is 18.3 Å². The Balaban J connectivity index is 0.00000280. The molecule has 2 aromatic rings. The molecule has 1 saturated heterocycles. The number of hydrogen-bond donors (Lipinski definition) is 0. The first-order valence-electron chi connectivity index (χ1n) is 9.52. The molecule has 0 saturated carbocycles. The fourth-order valence-corrected chi connectivity index (χ4v) is 4.19. The summed E-state index contributed by atoms with van der Waals surface area (Å²) in [7, 11) is 3.82. The zero-order valence-electron chi connectivity index (χ0n) is 16.5. The fourth-order valence-electron chi connectivity index (χ4n) is 4.19. The zero-order valence-corrected chi connectivity index (χ0v) is 17.4. The van der Waals surface area contributed by atoms with Crippen LogP contribution >= 0.6 is 12.4 Å². The Morgan fingerprint density at radius 1 is 1.11 bits per heavy atom. The predicted molar refractivity (Wildman–Crippen MR) is 114 cm³/mol. The number of likely N-dealkylation sites (tertiary alicyclic amines) is 1. The summed E-state index contributed by atoms with van der Waals surface area (Å²) in [6.07, 6.45) is 1.86. The Hall–Kier alpha value is -2.35. The van der Waals surface area contributed by atoms with Gasteiger partial charge in [-0.15, -0.1) is 12.4 Å². The molecule has 28 heavy (non-hydrogen) atoms. The maximum atomic E-state index is 12.6. The molecule has 1 aliphatic heterocycles. The SMILES string of the molecule is CN(C)CC(=O)N1CCCC(C(C#N)(c2ccccc2)c2ccccc2)C1.Cl. The minimum Gasteiger partial charge on any atom is -0.341 e. The highest BCUT2D eigenvalue weighted by Crippen LogP contribution is 2.42. The molecule has 4 nitrogen and oxygen atoms in total. The lowest BCUT2D eigenvalue weighted by molar-refractivity contribution is -0.133. The minimum atomic E-state index is -0.750. The lowest BCUT2D eigenvalue weighted by atomic mass is 9.64. The summed E-state index contributed by atoms with van der Waals surface area (Å²) in [5.74, 6) is 0.199. The summed E-state index contributed by atoms with van der Waals surface area (Å²) in [4.78, 5) is 16.5. The quantitative estimate of drug-likeness (QED) is 0.772. The molecule has 1 amide bonds. The lowest BCUT2D eigenvalue weighted by Crippen LogP contribution is -2.49. The summed E-state index contributed by atoms with van der Waals surface area (Å²) < 4.78 is 0. The standard InChI is InChI=1S/C23H27N3O.ClH/c1-25(2)17-22(27)26-15-9-14-21(16-26)23(18-24,19-10-5-3-6-11-19)20-12-7-4-8-13-20;/h3-8,10-13,21H,9,14-17H2,1-2H3;1H. The van der Waals surface area contributed by atoms with Crippen molar-refractivity contribution < 1.29 is 4.79 Å². The number of halogens is 1. The predicted octanol–water partition coefficient (Wildman–Crippen LogP) is 3.72. The van der Waals surface area contributed by atoms with Crippen LogP contribution in [-0.4, -0.2) is 49.4 Å². The third-order valence-electron chi connectivity index (χ3n) is 5.47. The van der Waals surface area contributed by atoms with Gasteiger partial charge in [0.25, 0.3) is 0 Å². The normalized spacial score (nSPS) is 16.9. The second kappa shape index (κ2) is 9.73. The summed E-state index contributed by atoms with van der Waals surface area (Å²) in [5, 5.41) is 10.4. The van der Waals surface area contributed by atoms with Crippen molar-refractivity contribution >= 4 is 18.3 Å². The van der Waals surface area contributed by atoms with Crippen LogP contribution in [0, 0.1) is 17.2 Å². The van der Waals surface area contributed by atoms with E-state index in [1.54, 1.807) is 0 Å². The van der Waals surface area contributed by atoms with Crippen LogP contribution in [0.4, 0.5) is 0 Å². The number of rotatable bonds is 5. The third kappa shape index (κ3) is 4.38. The molecule has 3 rings (SSSR count). The number of benzene rings is 2. The van der Waals surface area contributed by atoms with Gasteiger partial charge in [0.05, 0.1) is 12.6 Å². The van der Waals surface area contributed by atoms with Gasteiger partial charge in [-0.2, -0.15) is 5.26 Å². The average Bonchev–Trinajstić information content (AvgIpc) is 2.70. The van der Waals surface area contributed by atoms with Crippen LogP contribution < -0.4 is 0 Å². The first-order valence-corrected chi connectivity index (χ1v) is 9.52. The van der Waals surface area contributed by atoms with Crippen LogP contribution in [0.25, 0.3) is 0 Å². The highest BCUT2D eigenvalue weighted by molar-refractivity contribution is 5.85. The van der Waals surface area contributed by atoms with Gasteiger partial charge in [0.2, 0.25) is 5.91 Å². The minimum absolute atomic E-state index is 0. The summed E-state index contributed by atoms with van der Waals surface area (Å²) in [6, 6.07) is 22.7. The molecule has 0 bridgehead atoms. The Morgan fingerprint density at radius 3 is 2.11 bits per heavy atom. The Labute approximate surface area is 174 Å². The molecule has 1 atom stereocenters. The largest absolute Gasteiger partial charge is 0.341 e. The van der Waals surface area contributed by atoms with E-state index in [1.165, 1.54) is 0 Å². The summed E-state index contributed by atoms with van der Waals surface area (Å²) in [6.45, 7) is 1.79. The van der Waals surface area contributed by atoms with Crippen LogP contribution in [0.2, 0.25) is 0 Å². The molecule has 0 radical (unpaired) electrons. The van der Waals surface area contributed by atoms with Crippen molar-refractivity contribution in [1.82, 2.24) is 9.80 Å². The van der Waals surface area contributed by atoms with Gasteiger partial charge in [-0.3, -0.25) is 4.79 Å². The molecule has 2 aromatic carbocycles. The van der Waals surface area contributed by atoms with Gasteiger partial charge in [0.15, 0.2) is 0 Å². The van der Waals surface area contributed by atoms with Crippen molar-refractivity contribution in [2.75, 3.05) is 33.7 Å². The third-order valence-corrected chi connectivity index (χ3v) is 5.47. The molecule has 5 heteroatoms. The molecule has 0 aromatic heterocycles. The molecule has 1 unspecified atom stereocenters. The average molecular weight is 398 g/mol. The van der Waals surface area contributed by atoms with E-state index in [9.17, 15) is 10.1 Å². The van der Waals surface area contributed by atoms with Crippen LogP contribution in [0.3, 0.4) is 0 Å². The van der Waals surface area contributed by atoms with Gasteiger partial charge in [0, 0.05) is 19.0 Å². The van der Waals surface area contributed by atoms with E-state index in [-0.39, 0.29) is 24.2 Å². The van der Waals surface area contributed by atoms with E-state index in [4.69, 9.17) is 0 Å².